The molecule has 12 heteroatoms. The van der Waals surface area contributed by atoms with Gasteiger partial charge in [0.1, 0.15) is 12.6 Å². The van der Waals surface area contributed by atoms with Gasteiger partial charge in [-0.2, -0.15) is 0 Å². The third-order valence-electron chi connectivity index (χ3n) is 9.43. The Morgan fingerprint density at radius 2 is 0.900 bits per heavy atom. The summed E-state index contributed by atoms with van der Waals surface area (Å²) in [6, 6.07) is -1.53. The molecule has 344 valence electrons. The Kier molecular flexibility index (Phi) is 40.4. The number of hydrogen-bond donors (Lipinski definition) is 3. The van der Waals surface area contributed by atoms with Crippen LogP contribution in [0.1, 0.15) is 181 Å². The van der Waals surface area contributed by atoms with Gasteiger partial charge < -0.3 is 25.2 Å². The summed E-state index contributed by atoms with van der Waals surface area (Å²) in [6.07, 6.45) is 51.1. The fourth-order valence-electron chi connectivity index (χ4n) is 5.79. The molecule has 0 amide bonds. The Hall–Kier alpha value is -3.08. The molecule has 0 saturated heterocycles. The topological polar surface area (TPSA) is 172 Å². The van der Waals surface area contributed by atoms with Gasteiger partial charge in [-0.25, -0.2) is 4.57 Å². The van der Waals surface area contributed by atoms with E-state index in [0.29, 0.717) is 19.3 Å². The van der Waals surface area contributed by atoms with Crippen molar-refractivity contribution < 1.29 is 47.5 Å². The molecule has 0 heterocycles. The first-order valence-electron chi connectivity index (χ1n) is 23.0. The second-order valence-corrected chi connectivity index (χ2v) is 16.6. The first kappa shape index (κ1) is 56.9. The van der Waals surface area contributed by atoms with Gasteiger partial charge in [-0.15, -0.1) is 0 Å². The van der Waals surface area contributed by atoms with Crippen LogP contribution < -0.4 is 5.73 Å². The van der Waals surface area contributed by atoms with E-state index in [1.807, 2.05) is 12.2 Å². The lowest BCUT2D eigenvalue weighted by molar-refractivity contribution is -0.161. The number of phosphoric ester groups is 1. The molecular formula is C48H82NO10P. The highest BCUT2D eigenvalue weighted by Crippen LogP contribution is 2.43. The van der Waals surface area contributed by atoms with Crippen LogP contribution in [0, 0.1) is 0 Å². The average molecular weight is 864 g/mol. The number of rotatable bonds is 42. The predicted molar refractivity (Wildman–Crippen MR) is 244 cm³/mol. The van der Waals surface area contributed by atoms with Crippen molar-refractivity contribution in [2.45, 2.75) is 193 Å². The Morgan fingerprint density at radius 1 is 0.517 bits per heavy atom. The first-order chi connectivity index (χ1) is 29.1. The number of carbonyl (C=O) groups is 3. The van der Waals surface area contributed by atoms with Crippen molar-refractivity contribution in [2.24, 2.45) is 5.73 Å². The summed E-state index contributed by atoms with van der Waals surface area (Å²) in [7, 11) is -4.74. The van der Waals surface area contributed by atoms with Crippen molar-refractivity contribution >= 4 is 25.7 Å². The van der Waals surface area contributed by atoms with E-state index in [0.717, 1.165) is 64.2 Å². The number of allylic oxidation sites excluding steroid dienone is 12. The number of ether oxygens (including phenoxy) is 2. The van der Waals surface area contributed by atoms with E-state index in [1.165, 1.54) is 70.6 Å². The lowest BCUT2D eigenvalue weighted by atomic mass is 10.1. The Bertz CT molecular complexity index is 1290. The normalized spacial score (nSPS) is 14.3. The summed E-state index contributed by atoms with van der Waals surface area (Å²) in [5, 5.41) is 8.90. The van der Waals surface area contributed by atoms with Crippen molar-refractivity contribution in [2.75, 3.05) is 19.8 Å². The van der Waals surface area contributed by atoms with E-state index in [2.05, 4.69) is 79.1 Å². The second-order valence-electron chi connectivity index (χ2n) is 15.2. The van der Waals surface area contributed by atoms with E-state index in [-0.39, 0.29) is 19.4 Å². The molecule has 0 bridgehead atoms. The Balaban J connectivity index is 4.43. The molecule has 0 rings (SSSR count). The highest BCUT2D eigenvalue weighted by molar-refractivity contribution is 7.47. The van der Waals surface area contributed by atoms with Gasteiger partial charge in [0.25, 0.3) is 0 Å². The maximum atomic E-state index is 12.7. The van der Waals surface area contributed by atoms with E-state index in [4.69, 9.17) is 24.8 Å². The van der Waals surface area contributed by atoms with Crippen LogP contribution in [0.15, 0.2) is 72.9 Å². The van der Waals surface area contributed by atoms with E-state index >= 15 is 0 Å². The number of phosphoric acid groups is 1. The minimum atomic E-state index is -4.74. The summed E-state index contributed by atoms with van der Waals surface area (Å²) >= 11 is 0. The summed E-state index contributed by atoms with van der Waals surface area (Å²) in [6.45, 7) is 2.69. The molecule has 4 N–H and O–H groups in total. The summed E-state index contributed by atoms with van der Waals surface area (Å²) < 4.78 is 32.7. The molecule has 0 aromatic heterocycles. The predicted octanol–water partition coefficient (Wildman–Crippen LogP) is 12.5. The molecule has 1 unspecified atom stereocenters. The van der Waals surface area contributed by atoms with Crippen LogP contribution in [0.2, 0.25) is 0 Å². The molecular weight excluding hydrogens is 781 g/mol. The smallest absolute Gasteiger partial charge is 0.472 e. The highest BCUT2D eigenvalue weighted by Gasteiger charge is 2.28. The van der Waals surface area contributed by atoms with Crippen molar-refractivity contribution in [1.82, 2.24) is 0 Å². The maximum absolute atomic E-state index is 12.7. The second kappa shape index (κ2) is 42.6. The zero-order chi connectivity index (χ0) is 44.2. The lowest BCUT2D eigenvalue weighted by Gasteiger charge is -2.20. The molecule has 0 saturated carbocycles. The molecule has 3 atom stereocenters. The summed E-state index contributed by atoms with van der Waals surface area (Å²) in [5.41, 5.74) is 5.34. The Labute approximate surface area is 363 Å². The molecule has 0 aliphatic rings. The molecule has 0 aliphatic heterocycles. The van der Waals surface area contributed by atoms with Gasteiger partial charge in [-0.1, -0.05) is 157 Å². The lowest BCUT2D eigenvalue weighted by Crippen LogP contribution is -2.34. The van der Waals surface area contributed by atoms with E-state index in [1.54, 1.807) is 0 Å². The zero-order valence-electron chi connectivity index (χ0n) is 37.3. The van der Waals surface area contributed by atoms with Gasteiger partial charge in [-0.3, -0.25) is 23.4 Å². The van der Waals surface area contributed by atoms with Gasteiger partial charge in [0.15, 0.2) is 6.10 Å². The zero-order valence-corrected chi connectivity index (χ0v) is 38.2. The van der Waals surface area contributed by atoms with Crippen LogP contribution in [0.25, 0.3) is 0 Å². The maximum Gasteiger partial charge on any atom is 0.472 e. The monoisotopic (exact) mass is 864 g/mol. The van der Waals surface area contributed by atoms with E-state index in [9.17, 15) is 23.8 Å². The van der Waals surface area contributed by atoms with Crippen molar-refractivity contribution in [3.8, 4) is 0 Å². The minimum Gasteiger partial charge on any atom is -0.480 e. The number of carboxylic acid groups (broad SMARTS) is 1. The fraction of sp³-hybridized carbons (Fsp3) is 0.688. The van der Waals surface area contributed by atoms with Crippen LogP contribution in [-0.4, -0.2) is 59.9 Å². The Morgan fingerprint density at radius 3 is 1.37 bits per heavy atom. The first-order valence-corrected chi connectivity index (χ1v) is 24.5. The van der Waals surface area contributed by atoms with E-state index < -0.39 is 51.1 Å². The van der Waals surface area contributed by atoms with Gasteiger partial charge in [0.05, 0.1) is 13.2 Å². The number of carboxylic acids is 1. The van der Waals surface area contributed by atoms with Crippen LogP contribution >= 0.6 is 7.82 Å². The summed E-state index contributed by atoms with van der Waals surface area (Å²) in [5.74, 6) is -2.46. The van der Waals surface area contributed by atoms with Gasteiger partial charge in [0, 0.05) is 12.8 Å². The van der Waals surface area contributed by atoms with Crippen LogP contribution in [0.4, 0.5) is 0 Å². The molecule has 0 aromatic rings. The van der Waals surface area contributed by atoms with Gasteiger partial charge in [0.2, 0.25) is 0 Å². The number of hydrogen-bond acceptors (Lipinski definition) is 9. The van der Waals surface area contributed by atoms with Crippen LogP contribution in [0.5, 0.6) is 0 Å². The standard InChI is InChI=1S/C48H82NO10P/c1-3-5-7-9-11-13-15-17-19-21-22-24-26-28-30-32-34-36-38-40-47(51)59-44(42-57-60(54,55)58-43-45(49)48(52)53)41-56-46(50)39-37-35-33-31-29-27-25-23-20-18-16-14-12-10-8-6-4-2/h11-14,17-20,25,27,31,33,44-45H,3-10,15-16,21-24,26,28-30,32,34-43,49H2,1-2H3,(H,52,53)(H,54,55)/b13-11-,14-12-,19-17-,20-18-,27-25-,33-31-/t44-,45+/m1/s1. The molecule has 60 heavy (non-hydrogen) atoms. The third kappa shape index (κ3) is 41.6. The number of unbranched alkanes of at least 4 members (excludes halogenated alkanes) is 16. The molecule has 0 aliphatic carbocycles. The number of esters is 2. The number of nitrogens with two attached hydrogens (primary N) is 1. The van der Waals surface area contributed by atoms with Crippen molar-refractivity contribution in [3.05, 3.63) is 72.9 Å². The van der Waals surface area contributed by atoms with Gasteiger partial charge in [-0.05, 0) is 83.5 Å². The highest BCUT2D eigenvalue weighted by atomic mass is 31.2. The van der Waals surface area contributed by atoms with Crippen molar-refractivity contribution in [3.63, 3.8) is 0 Å². The number of aliphatic carboxylic acids is 1. The SMILES string of the molecule is CCCCC/C=C\C/C=C\C/C=C\C/C=C\CCCC(=O)OC[C@H](COP(=O)(O)OC[C@H](N)C(=O)O)OC(=O)CCCCCCCCCCC/C=C\C/C=C\CCCCC. The van der Waals surface area contributed by atoms with Crippen LogP contribution in [-0.2, 0) is 37.5 Å². The number of carbonyl (C=O) groups excluding carboxylic acids is 2. The minimum absolute atomic E-state index is 0.141. The fourth-order valence-corrected chi connectivity index (χ4v) is 6.57. The molecule has 0 spiro atoms. The van der Waals surface area contributed by atoms with Crippen molar-refractivity contribution in [1.29, 1.82) is 0 Å². The molecule has 11 nitrogen and oxygen atoms in total. The molecule has 0 aromatic carbocycles. The third-order valence-corrected chi connectivity index (χ3v) is 10.4. The molecule has 0 radical (unpaired) electrons. The van der Waals surface area contributed by atoms with Gasteiger partial charge >= 0.3 is 25.7 Å². The quantitative estimate of drug-likeness (QED) is 0.0231. The summed E-state index contributed by atoms with van der Waals surface area (Å²) in [4.78, 5) is 46.0. The average Bonchev–Trinajstić information content (AvgIpc) is 3.22. The largest absolute Gasteiger partial charge is 0.480 e. The molecule has 0 fully saturated rings. The van der Waals surface area contributed by atoms with Crippen LogP contribution in [0.3, 0.4) is 0 Å².